The van der Waals surface area contributed by atoms with Crippen LogP contribution in [0.15, 0.2) is 48.5 Å². The van der Waals surface area contributed by atoms with Gasteiger partial charge in [0.05, 0.1) is 11.2 Å². The van der Waals surface area contributed by atoms with Crippen LogP contribution in [0.1, 0.15) is 30.1 Å². The minimum absolute atomic E-state index is 0.632. The Balaban J connectivity index is 1.72. The fourth-order valence-corrected chi connectivity index (χ4v) is 2.96. The van der Waals surface area contributed by atoms with Crippen LogP contribution in [0.4, 0.5) is 5.69 Å². The highest BCUT2D eigenvalue weighted by Gasteiger charge is 2.29. The van der Waals surface area contributed by atoms with E-state index < -0.39 is 0 Å². The first-order chi connectivity index (χ1) is 10.3. The molecule has 106 valence electrons. The summed E-state index contributed by atoms with van der Waals surface area (Å²) >= 11 is 0. The molecular weight excluding hydrogens is 258 g/mol. The number of nitrogens with two attached hydrogens (primary N) is 1. The Morgan fingerprint density at radius 2 is 1.86 bits per heavy atom. The molecule has 0 saturated heterocycles. The fraction of sp³-hybridized carbons (Fsp3) is 0.278. The van der Waals surface area contributed by atoms with E-state index in [0.717, 1.165) is 24.2 Å². The summed E-state index contributed by atoms with van der Waals surface area (Å²) in [6, 6.07) is 16.7. The molecule has 0 bridgehead atoms. The third-order valence-electron chi connectivity index (χ3n) is 4.25. The van der Waals surface area contributed by atoms with Gasteiger partial charge >= 0.3 is 0 Å². The van der Waals surface area contributed by atoms with E-state index in [1.165, 1.54) is 29.7 Å². The lowest BCUT2D eigenvalue weighted by Gasteiger charge is -2.09. The van der Waals surface area contributed by atoms with Crippen LogP contribution in [0.5, 0.6) is 0 Å². The number of para-hydroxylation sites is 1. The molecule has 2 aromatic carbocycles. The van der Waals surface area contributed by atoms with Crippen LogP contribution in [0.2, 0.25) is 0 Å². The second-order valence-electron chi connectivity index (χ2n) is 5.85. The molecule has 1 saturated carbocycles. The van der Waals surface area contributed by atoms with Crippen molar-refractivity contribution < 1.29 is 0 Å². The lowest BCUT2D eigenvalue weighted by molar-refractivity contribution is 0.670. The van der Waals surface area contributed by atoms with Crippen LogP contribution < -0.4 is 5.73 Å². The second-order valence-corrected chi connectivity index (χ2v) is 5.85. The van der Waals surface area contributed by atoms with Gasteiger partial charge in [-0.3, -0.25) is 0 Å². The summed E-state index contributed by atoms with van der Waals surface area (Å²) in [5.41, 5.74) is 10.4. The maximum absolute atomic E-state index is 6.09. The number of aryl methyl sites for hydroxylation is 2. The second kappa shape index (κ2) is 4.92. The monoisotopic (exact) mass is 277 g/mol. The van der Waals surface area contributed by atoms with Gasteiger partial charge in [0.15, 0.2) is 0 Å². The van der Waals surface area contributed by atoms with Crippen molar-refractivity contribution >= 4 is 16.7 Å². The Kier molecular flexibility index (Phi) is 2.92. The van der Waals surface area contributed by atoms with Crippen LogP contribution in [-0.4, -0.2) is 9.55 Å². The number of imidazole rings is 1. The Bertz CT molecular complexity index is 770. The summed E-state index contributed by atoms with van der Waals surface area (Å²) in [4.78, 5) is 4.82. The molecule has 2 N–H and O–H groups in total. The number of hydrogen-bond donors (Lipinski definition) is 1. The number of nitrogens with zero attached hydrogens (tertiary/aromatic N) is 2. The maximum atomic E-state index is 6.09. The van der Waals surface area contributed by atoms with Crippen molar-refractivity contribution in [1.29, 1.82) is 0 Å². The molecule has 1 aromatic heterocycles. The first-order valence-electron chi connectivity index (χ1n) is 7.61. The van der Waals surface area contributed by atoms with Gasteiger partial charge in [-0.1, -0.05) is 36.4 Å². The molecule has 1 aliphatic carbocycles. The third-order valence-corrected chi connectivity index (χ3v) is 4.25. The lowest BCUT2D eigenvalue weighted by Crippen LogP contribution is -2.05. The lowest BCUT2D eigenvalue weighted by atomic mass is 10.1. The van der Waals surface area contributed by atoms with E-state index in [0.29, 0.717) is 5.92 Å². The molecule has 3 nitrogen and oxygen atoms in total. The molecule has 0 atom stereocenters. The highest BCUT2D eigenvalue weighted by molar-refractivity contribution is 5.87. The van der Waals surface area contributed by atoms with E-state index in [4.69, 9.17) is 10.7 Å². The topological polar surface area (TPSA) is 43.8 Å². The minimum Gasteiger partial charge on any atom is -0.397 e. The van der Waals surface area contributed by atoms with Gasteiger partial charge in [0.2, 0.25) is 0 Å². The molecule has 0 unspecified atom stereocenters. The minimum atomic E-state index is 0.632. The highest BCUT2D eigenvalue weighted by Crippen LogP contribution is 2.41. The molecule has 3 heteroatoms. The zero-order valence-electron chi connectivity index (χ0n) is 12.0. The average Bonchev–Trinajstić information content (AvgIpc) is 3.28. The van der Waals surface area contributed by atoms with Gasteiger partial charge in [0.25, 0.3) is 0 Å². The number of rotatable bonds is 4. The van der Waals surface area contributed by atoms with E-state index in [2.05, 4.69) is 41.0 Å². The van der Waals surface area contributed by atoms with Crippen molar-refractivity contribution in [1.82, 2.24) is 9.55 Å². The zero-order valence-corrected chi connectivity index (χ0v) is 12.0. The number of anilines is 1. The molecule has 21 heavy (non-hydrogen) atoms. The van der Waals surface area contributed by atoms with E-state index in [1.807, 2.05) is 12.1 Å². The van der Waals surface area contributed by atoms with Crippen molar-refractivity contribution in [3.05, 3.63) is 59.9 Å². The van der Waals surface area contributed by atoms with E-state index in [1.54, 1.807) is 0 Å². The summed E-state index contributed by atoms with van der Waals surface area (Å²) in [5, 5.41) is 0. The molecule has 0 radical (unpaired) electrons. The van der Waals surface area contributed by atoms with E-state index in [9.17, 15) is 0 Å². The summed E-state index contributed by atoms with van der Waals surface area (Å²) in [7, 11) is 0. The predicted molar refractivity (Wildman–Crippen MR) is 86.3 cm³/mol. The van der Waals surface area contributed by atoms with Crippen LogP contribution >= 0.6 is 0 Å². The summed E-state index contributed by atoms with van der Waals surface area (Å²) in [6.45, 7) is 0.968. The van der Waals surface area contributed by atoms with Crippen LogP contribution in [-0.2, 0) is 13.0 Å². The van der Waals surface area contributed by atoms with E-state index in [-0.39, 0.29) is 0 Å². The van der Waals surface area contributed by atoms with Gasteiger partial charge in [-0.2, -0.15) is 0 Å². The van der Waals surface area contributed by atoms with Gasteiger partial charge in [0.1, 0.15) is 11.3 Å². The smallest absolute Gasteiger partial charge is 0.113 e. The number of aromatic nitrogens is 2. The largest absolute Gasteiger partial charge is 0.397 e. The Morgan fingerprint density at radius 1 is 1.05 bits per heavy atom. The van der Waals surface area contributed by atoms with Crippen molar-refractivity contribution in [3.63, 3.8) is 0 Å². The Morgan fingerprint density at radius 3 is 2.62 bits per heavy atom. The molecule has 1 fully saturated rings. The Labute approximate surface area is 124 Å². The van der Waals surface area contributed by atoms with Gasteiger partial charge in [-0.05, 0) is 37.0 Å². The molecule has 4 rings (SSSR count). The van der Waals surface area contributed by atoms with Gasteiger partial charge in [-0.15, -0.1) is 0 Å². The number of nitrogen functional groups attached to an aromatic ring is 1. The van der Waals surface area contributed by atoms with Gasteiger partial charge in [-0.25, -0.2) is 4.98 Å². The van der Waals surface area contributed by atoms with Crippen LogP contribution in [0.3, 0.4) is 0 Å². The fourth-order valence-electron chi connectivity index (χ4n) is 2.96. The molecular formula is C18H19N3. The van der Waals surface area contributed by atoms with Crippen molar-refractivity contribution in [2.45, 2.75) is 31.7 Å². The molecule has 1 aliphatic rings. The van der Waals surface area contributed by atoms with Crippen LogP contribution in [0, 0.1) is 0 Å². The third kappa shape index (κ3) is 2.29. The molecule has 0 amide bonds. The quantitative estimate of drug-likeness (QED) is 0.738. The normalized spacial score (nSPS) is 14.7. The van der Waals surface area contributed by atoms with Crippen molar-refractivity contribution in [2.75, 3.05) is 5.73 Å². The zero-order chi connectivity index (χ0) is 14.2. The summed E-state index contributed by atoms with van der Waals surface area (Å²) in [5.74, 6) is 1.85. The first kappa shape index (κ1) is 12.5. The maximum Gasteiger partial charge on any atom is 0.113 e. The number of hydrogen-bond acceptors (Lipinski definition) is 2. The van der Waals surface area contributed by atoms with Crippen molar-refractivity contribution in [2.24, 2.45) is 0 Å². The SMILES string of the molecule is Nc1cccc2c1nc(C1CC1)n2CCc1ccccc1. The highest BCUT2D eigenvalue weighted by atomic mass is 15.1. The summed E-state index contributed by atoms with van der Waals surface area (Å²) in [6.07, 6.45) is 3.55. The first-order valence-corrected chi connectivity index (χ1v) is 7.61. The van der Waals surface area contributed by atoms with Gasteiger partial charge in [0, 0.05) is 12.5 Å². The van der Waals surface area contributed by atoms with Crippen molar-refractivity contribution in [3.8, 4) is 0 Å². The van der Waals surface area contributed by atoms with Gasteiger partial charge < -0.3 is 10.3 Å². The number of fused-ring (bicyclic) bond motifs is 1. The molecule has 0 spiro atoms. The van der Waals surface area contributed by atoms with Crippen LogP contribution in [0.25, 0.3) is 11.0 Å². The summed E-state index contributed by atoms with van der Waals surface area (Å²) < 4.78 is 2.37. The van der Waals surface area contributed by atoms with E-state index >= 15 is 0 Å². The Hall–Kier alpha value is -2.29. The molecule has 1 heterocycles. The molecule has 0 aliphatic heterocycles. The average molecular weight is 277 g/mol. The molecule has 3 aromatic rings. The standard InChI is InChI=1S/C18H19N3/c19-15-7-4-8-16-17(15)20-18(14-9-10-14)21(16)12-11-13-5-2-1-3-6-13/h1-8,14H,9-12,19H2. The predicted octanol–water partition coefficient (Wildman–Crippen LogP) is 3.74. The number of benzene rings is 2.